The molecule has 0 heterocycles. The fraction of sp³-hybridized carbons (Fsp3) is 0.389. The lowest BCUT2D eigenvalue weighted by Crippen LogP contribution is -2.21. The molecule has 2 aromatic carbocycles. The normalized spacial score (nSPS) is 19.0. The van der Waals surface area contributed by atoms with Gasteiger partial charge in [-0.3, -0.25) is 4.79 Å². The minimum atomic E-state index is 0.155. The summed E-state index contributed by atoms with van der Waals surface area (Å²) < 4.78 is 6.61. The molecule has 0 saturated heterocycles. The van der Waals surface area contributed by atoms with Gasteiger partial charge in [0, 0.05) is 22.4 Å². The monoisotopic (exact) mass is 346 g/mol. The first-order chi connectivity index (χ1) is 10.2. The summed E-state index contributed by atoms with van der Waals surface area (Å²) in [6.45, 7) is 0. The number of ether oxygens (including phenoxy) is 1. The first kappa shape index (κ1) is 14.6. The molecule has 1 atom stereocenters. The highest BCUT2D eigenvalue weighted by Crippen LogP contribution is 2.34. The zero-order valence-corrected chi connectivity index (χ0v) is 13.8. The Bertz CT molecular complexity index is 678. The van der Waals surface area contributed by atoms with Crippen LogP contribution in [0.4, 0.5) is 0 Å². The minimum absolute atomic E-state index is 0.155. The van der Waals surface area contributed by atoms with Crippen molar-refractivity contribution in [3.63, 3.8) is 0 Å². The van der Waals surface area contributed by atoms with E-state index in [-0.39, 0.29) is 5.92 Å². The molecular weight excluding hydrogens is 328 g/mol. The van der Waals surface area contributed by atoms with E-state index >= 15 is 0 Å². The minimum Gasteiger partial charge on any atom is -0.496 e. The van der Waals surface area contributed by atoms with E-state index in [9.17, 15) is 4.79 Å². The van der Waals surface area contributed by atoms with Crippen LogP contribution in [0.3, 0.4) is 0 Å². The Morgan fingerprint density at radius 2 is 2.10 bits per heavy atom. The largest absolute Gasteiger partial charge is 0.496 e. The lowest BCUT2D eigenvalue weighted by Gasteiger charge is -2.22. The number of rotatable bonds is 3. The number of carbonyl (C=O) groups excluding carboxylic acids is 1. The maximum atomic E-state index is 12.1. The van der Waals surface area contributed by atoms with Crippen LogP contribution in [0.15, 0.2) is 34.8 Å². The van der Waals surface area contributed by atoms with Crippen LogP contribution in [0.25, 0.3) is 10.8 Å². The molecular formula is C18H19BrO2. The molecule has 0 N–H and O–H groups in total. The first-order valence-corrected chi connectivity index (χ1v) is 8.26. The van der Waals surface area contributed by atoms with Crippen molar-refractivity contribution < 1.29 is 9.53 Å². The second-order valence-electron chi connectivity index (χ2n) is 5.72. The smallest absolute Gasteiger partial charge is 0.136 e. The van der Waals surface area contributed by atoms with Crippen molar-refractivity contribution in [3.05, 3.63) is 40.4 Å². The Hall–Kier alpha value is -1.35. The standard InChI is InChI=1S/C18H19BrO2/c1-21-18-9-6-12-10-14(19)7-8-15(12)16(18)11-13-4-2-3-5-17(13)20/h6-10,13H,2-5,11H2,1H3/t13-/m0/s1. The van der Waals surface area contributed by atoms with Crippen molar-refractivity contribution in [1.82, 2.24) is 0 Å². The van der Waals surface area contributed by atoms with Crippen molar-refractivity contribution in [2.75, 3.05) is 7.11 Å². The topological polar surface area (TPSA) is 26.3 Å². The van der Waals surface area contributed by atoms with Gasteiger partial charge in [0.05, 0.1) is 7.11 Å². The molecule has 0 aliphatic heterocycles. The summed E-state index contributed by atoms with van der Waals surface area (Å²) in [5.41, 5.74) is 1.17. The molecule has 1 aliphatic carbocycles. The van der Waals surface area contributed by atoms with E-state index in [0.717, 1.165) is 42.3 Å². The quantitative estimate of drug-likeness (QED) is 0.788. The fourth-order valence-corrected chi connectivity index (χ4v) is 3.64. The zero-order chi connectivity index (χ0) is 14.8. The number of fused-ring (bicyclic) bond motifs is 1. The summed E-state index contributed by atoms with van der Waals surface area (Å²) >= 11 is 3.52. The average molecular weight is 347 g/mol. The Labute approximate surface area is 133 Å². The van der Waals surface area contributed by atoms with Gasteiger partial charge in [-0.2, -0.15) is 0 Å². The van der Waals surface area contributed by atoms with Crippen molar-refractivity contribution in [1.29, 1.82) is 0 Å². The van der Waals surface area contributed by atoms with Crippen LogP contribution < -0.4 is 4.74 Å². The second kappa shape index (κ2) is 6.18. The third-order valence-electron chi connectivity index (χ3n) is 4.40. The third kappa shape index (κ3) is 2.98. The molecule has 110 valence electrons. The number of halogens is 1. The second-order valence-corrected chi connectivity index (χ2v) is 6.64. The third-order valence-corrected chi connectivity index (χ3v) is 4.90. The van der Waals surface area contributed by atoms with E-state index in [2.05, 4.69) is 34.1 Å². The Kier molecular flexibility index (Phi) is 4.29. The van der Waals surface area contributed by atoms with E-state index in [0.29, 0.717) is 5.78 Å². The number of hydrogen-bond acceptors (Lipinski definition) is 2. The molecule has 0 spiro atoms. The molecule has 3 rings (SSSR count). The van der Waals surface area contributed by atoms with Crippen LogP contribution in [0.1, 0.15) is 31.2 Å². The lowest BCUT2D eigenvalue weighted by atomic mass is 9.82. The average Bonchev–Trinajstić information content (AvgIpc) is 2.49. The van der Waals surface area contributed by atoms with Crippen LogP contribution in [-0.4, -0.2) is 12.9 Å². The molecule has 21 heavy (non-hydrogen) atoms. The summed E-state index contributed by atoms with van der Waals surface area (Å²) in [4.78, 5) is 12.1. The molecule has 1 fully saturated rings. The van der Waals surface area contributed by atoms with E-state index in [4.69, 9.17) is 4.74 Å². The van der Waals surface area contributed by atoms with Gasteiger partial charge in [0.1, 0.15) is 11.5 Å². The Balaban J connectivity index is 2.04. The highest BCUT2D eigenvalue weighted by molar-refractivity contribution is 9.10. The number of hydrogen-bond donors (Lipinski definition) is 0. The molecule has 2 nitrogen and oxygen atoms in total. The van der Waals surface area contributed by atoms with Gasteiger partial charge in [-0.25, -0.2) is 0 Å². The van der Waals surface area contributed by atoms with E-state index in [1.807, 2.05) is 12.1 Å². The highest BCUT2D eigenvalue weighted by Gasteiger charge is 2.24. The van der Waals surface area contributed by atoms with Crippen LogP contribution in [0, 0.1) is 5.92 Å². The van der Waals surface area contributed by atoms with Crippen LogP contribution in [-0.2, 0) is 11.2 Å². The molecule has 0 bridgehead atoms. The van der Waals surface area contributed by atoms with Crippen LogP contribution in [0.2, 0.25) is 0 Å². The maximum absolute atomic E-state index is 12.1. The summed E-state index contributed by atoms with van der Waals surface area (Å²) in [6, 6.07) is 10.4. The zero-order valence-electron chi connectivity index (χ0n) is 12.2. The van der Waals surface area contributed by atoms with Gasteiger partial charge < -0.3 is 4.74 Å². The Morgan fingerprint density at radius 3 is 2.86 bits per heavy atom. The maximum Gasteiger partial charge on any atom is 0.136 e. The molecule has 2 aromatic rings. The van der Waals surface area contributed by atoms with E-state index in [1.165, 1.54) is 16.3 Å². The van der Waals surface area contributed by atoms with Crippen LogP contribution in [0.5, 0.6) is 5.75 Å². The summed E-state index contributed by atoms with van der Waals surface area (Å²) in [6.07, 6.45) is 4.75. The molecule has 0 radical (unpaired) electrons. The predicted octanol–water partition coefficient (Wildman–Crippen LogP) is 4.91. The Morgan fingerprint density at radius 1 is 1.24 bits per heavy atom. The molecule has 3 heteroatoms. The van der Waals surface area contributed by atoms with E-state index in [1.54, 1.807) is 7.11 Å². The van der Waals surface area contributed by atoms with Crippen molar-refractivity contribution in [3.8, 4) is 5.75 Å². The first-order valence-electron chi connectivity index (χ1n) is 7.47. The van der Waals surface area contributed by atoms with Gasteiger partial charge in [0.2, 0.25) is 0 Å². The highest BCUT2D eigenvalue weighted by atomic mass is 79.9. The van der Waals surface area contributed by atoms with Gasteiger partial charge in [0.25, 0.3) is 0 Å². The van der Waals surface area contributed by atoms with Crippen molar-refractivity contribution in [2.24, 2.45) is 5.92 Å². The fourth-order valence-electron chi connectivity index (χ4n) is 3.26. The van der Waals surface area contributed by atoms with Gasteiger partial charge in [-0.05, 0) is 48.2 Å². The molecule has 1 aliphatic rings. The molecule has 0 aromatic heterocycles. The van der Waals surface area contributed by atoms with Crippen molar-refractivity contribution in [2.45, 2.75) is 32.1 Å². The molecule has 0 unspecified atom stereocenters. The summed E-state index contributed by atoms with van der Waals surface area (Å²) in [7, 11) is 1.70. The SMILES string of the molecule is COc1ccc2cc(Br)ccc2c1C[C@@H]1CCCCC1=O. The number of Topliss-reactive ketones (excluding diaryl/α,β-unsaturated/α-hetero) is 1. The van der Waals surface area contributed by atoms with Crippen LogP contribution >= 0.6 is 15.9 Å². The van der Waals surface area contributed by atoms with Gasteiger partial charge in [-0.15, -0.1) is 0 Å². The number of benzene rings is 2. The van der Waals surface area contributed by atoms with Gasteiger partial charge in [-0.1, -0.05) is 34.5 Å². The summed E-state index contributed by atoms with van der Waals surface area (Å²) in [5.74, 6) is 1.46. The van der Waals surface area contributed by atoms with Crippen molar-refractivity contribution >= 4 is 32.5 Å². The number of carbonyl (C=O) groups is 1. The van der Waals surface area contributed by atoms with Gasteiger partial charge >= 0.3 is 0 Å². The number of methoxy groups -OCH3 is 1. The number of ketones is 1. The predicted molar refractivity (Wildman–Crippen MR) is 88.9 cm³/mol. The summed E-state index contributed by atoms with van der Waals surface area (Å²) in [5, 5.41) is 2.37. The lowest BCUT2D eigenvalue weighted by molar-refractivity contribution is -0.124. The van der Waals surface area contributed by atoms with E-state index < -0.39 is 0 Å². The molecule has 0 amide bonds. The molecule has 1 saturated carbocycles. The van der Waals surface area contributed by atoms with Gasteiger partial charge in [0.15, 0.2) is 0 Å².